The number of carbonyl (C=O) groups is 1. The van der Waals surface area contributed by atoms with Crippen molar-refractivity contribution < 1.29 is 31.3 Å². The first-order chi connectivity index (χ1) is 13.7. The molecule has 11 heteroatoms. The van der Waals surface area contributed by atoms with Gasteiger partial charge in [-0.15, -0.1) is 0 Å². The molecule has 1 aromatic heterocycles. The van der Waals surface area contributed by atoms with Crippen molar-refractivity contribution >= 4 is 21.6 Å². The number of anilines is 1. The van der Waals surface area contributed by atoms with Crippen molar-refractivity contribution in [1.29, 1.82) is 0 Å². The van der Waals surface area contributed by atoms with E-state index in [-0.39, 0.29) is 46.8 Å². The van der Waals surface area contributed by atoms with Gasteiger partial charge in [-0.1, -0.05) is 17.3 Å². The van der Waals surface area contributed by atoms with Gasteiger partial charge in [-0.2, -0.15) is 13.1 Å². The molecule has 1 saturated heterocycles. The van der Waals surface area contributed by atoms with Gasteiger partial charge in [0.15, 0.2) is 5.76 Å². The van der Waals surface area contributed by atoms with Crippen molar-refractivity contribution in [3.8, 4) is 5.75 Å². The number of piperidine rings is 1. The Hall–Kier alpha value is -2.53. The van der Waals surface area contributed by atoms with Gasteiger partial charge in [0.05, 0.1) is 5.69 Å². The Bertz CT molecular complexity index is 966. The van der Waals surface area contributed by atoms with Gasteiger partial charge in [-0.05, 0) is 38.8 Å². The molecule has 1 N–H and O–H groups in total. The molecular formula is C18H21F2N3O5S. The summed E-state index contributed by atoms with van der Waals surface area (Å²) in [6.45, 7) is 0.388. The Labute approximate surface area is 166 Å². The number of nitrogens with one attached hydrogen (secondary N) is 1. The number of rotatable bonds is 6. The molecule has 3 rings (SSSR count). The molecular weight excluding hydrogens is 408 g/mol. The fourth-order valence-corrected chi connectivity index (χ4v) is 5.09. The van der Waals surface area contributed by atoms with Crippen LogP contribution in [-0.2, 0) is 14.8 Å². The first-order valence-electron chi connectivity index (χ1n) is 8.98. The Morgan fingerprint density at radius 3 is 2.52 bits per heavy atom. The molecule has 1 aliphatic rings. The summed E-state index contributed by atoms with van der Waals surface area (Å²) < 4.78 is 61.4. The molecule has 29 heavy (non-hydrogen) atoms. The zero-order chi connectivity index (χ0) is 21.2. The van der Waals surface area contributed by atoms with Crippen LogP contribution in [0.1, 0.15) is 24.3 Å². The smallest absolute Gasteiger partial charge is 0.387 e. The van der Waals surface area contributed by atoms with Gasteiger partial charge in [0.1, 0.15) is 16.3 Å². The Morgan fingerprint density at radius 2 is 1.93 bits per heavy atom. The lowest BCUT2D eigenvalue weighted by atomic mass is 9.97. The summed E-state index contributed by atoms with van der Waals surface area (Å²) >= 11 is 0. The van der Waals surface area contributed by atoms with E-state index in [1.54, 1.807) is 13.0 Å². The molecule has 1 aliphatic heterocycles. The quantitative estimate of drug-likeness (QED) is 0.758. The largest absolute Gasteiger partial charge is 0.433 e. The lowest BCUT2D eigenvalue weighted by molar-refractivity contribution is -0.121. The summed E-state index contributed by atoms with van der Waals surface area (Å²) in [7, 11) is -3.77. The van der Waals surface area contributed by atoms with Crippen LogP contribution < -0.4 is 10.1 Å². The average Bonchev–Trinajstić information content (AvgIpc) is 3.02. The van der Waals surface area contributed by atoms with E-state index in [2.05, 4.69) is 15.2 Å². The number of benzene rings is 1. The van der Waals surface area contributed by atoms with Gasteiger partial charge < -0.3 is 14.6 Å². The van der Waals surface area contributed by atoms with E-state index < -0.39 is 22.6 Å². The highest BCUT2D eigenvalue weighted by Gasteiger charge is 2.35. The summed E-state index contributed by atoms with van der Waals surface area (Å²) in [5, 5.41) is 6.28. The third kappa shape index (κ3) is 4.56. The van der Waals surface area contributed by atoms with Crippen molar-refractivity contribution in [2.75, 3.05) is 18.4 Å². The Kier molecular flexibility index (Phi) is 6.18. The number of ether oxygens (including phenoxy) is 1. The van der Waals surface area contributed by atoms with Crippen LogP contribution >= 0.6 is 0 Å². The number of nitrogens with zero attached hydrogens (tertiary/aromatic N) is 2. The molecule has 1 fully saturated rings. The highest BCUT2D eigenvalue weighted by atomic mass is 32.2. The van der Waals surface area contributed by atoms with Crippen molar-refractivity contribution in [2.45, 2.75) is 38.2 Å². The fraction of sp³-hybridized carbons (Fsp3) is 0.444. The van der Waals surface area contributed by atoms with Crippen LogP contribution in [0.4, 0.5) is 14.5 Å². The number of carbonyl (C=O) groups excluding carboxylic acids is 1. The first kappa shape index (κ1) is 21.2. The maximum absolute atomic E-state index is 12.8. The monoisotopic (exact) mass is 429 g/mol. The third-order valence-electron chi connectivity index (χ3n) is 4.75. The maximum Gasteiger partial charge on any atom is 0.387 e. The van der Waals surface area contributed by atoms with E-state index >= 15 is 0 Å². The number of hydrogen-bond donors (Lipinski definition) is 1. The Morgan fingerprint density at radius 1 is 1.28 bits per heavy atom. The van der Waals surface area contributed by atoms with Crippen LogP contribution in [0, 0.1) is 19.8 Å². The van der Waals surface area contributed by atoms with Crippen LogP contribution in [0.5, 0.6) is 5.75 Å². The highest BCUT2D eigenvalue weighted by Crippen LogP contribution is 2.30. The molecule has 0 radical (unpaired) electrons. The second-order valence-corrected chi connectivity index (χ2v) is 8.57. The molecule has 2 heterocycles. The highest BCUT2D eigenvalue weighted by molar-refractivity contribution is 7.89. The number of aromatic nitrogens is 1. The van der Waals surface area contributed by atoms with Gasteiger partial charge in [-0.25, -0.2) is 8.42 Å². The SMILES string of the molecule is Cc1noc(C)c1S(=O)(=O)N1CCC(C(=O)Nc2ccccc2OC(F)F)CC1. The third-order valence-corrected chi connectivity index (χ3v) is 6.90. The Balaban J connectivity index is 1.65. The number of amides is 1. The number of sulfonamides is 1. The number of halogens is 2. The molecule has 0 unspecified atom stereocenters. The van der Waals surface area contributed by atoms with Crippen LogP contribution in [0.25, 0.3) is 0 Å². The van der Waals surface area contributed by atoms with Crippen LogP contribution in [0.2, 0.25) is 0 Å². The summed E-state index contributed by atoms with van der Waals surface area (Å²) in [4.78, 5) is 12.6. The second kappa shape index (κ2) is 8.46. The van der Waals surface area contributed by atoms with E-state index in [1.165, 1.54) is 29.4 Å². The van der Waals surface area contributed by atoms with Gasteiger partial charge >= 0.3 is 6.61 Å². The maximum atomic E-state index is 12.8. The van der Waals surface area contributed by atoms with Gasteiger partial charge in [0, 0.05) is 19.0 Å². The normalized spacial score (nSPS) is 16.2. The minimum Gasteiger partial charge on any atom is -0.433 e. The summed E-state index contributed by atoms with van der Waals surface area (Å²) in [5.41, 5.74) is 0.432. The lowest BCUT2D eigenvalue weighted by Crippen LogP contribution is -2.41. The first-order valence-corrected chi connectivity index (χ1v) is 10.4. The minimum absolute atomic E-state index is 0.0541. The van der Waals surface area contributed by atoms with E-state index in [4.69, 9.17) is 4.52 Å². The number of para-hydroxylation sites is 2. The predicted octanol–water partition coefficient (Wildman–Crippen LogP) is 2.93. The predicted molar refractivity (Wildman–Crippen MR) is 99.2 cm³/mol. The molecule has 2 aromatic rings. The molecule has 8 nitrogen and oxygen atoms in total. The lowest BCUT2D eigenvalue weighted by Gasteiger charge is -2.30. The molecule has 0 aliphatic carbocycles. The fourth-order valence-electron chi connectivity index (χ4n) is 3.33. The van der Waals surface area contributed by atoms with Gasteiger partial charge in [-0.3, -0.25) is 4.79 Å². The van der Waals surface area contributed by atoms with Crippen LogP contribution in [0.15, 0.2) is 33.7 Å². The molecule has 0 spiro atoms. The van der Waals surface area contributed by atoms with E-state index in [0.29, 0.717) is 12.8 Å². The molecule has 0 saturated carbocycles. The molecule has 1 aromatic carbocycles. The minimum atomic E-state index is -3.77. The van der Waals surface area contributed by atoms with Crippen molar-refractivity contribution in [2.24, 2.45) is 5.92 Å². The number of aryl methyl sites for hydroxylation is 2. The number of hydrogen-bond acceptors (Lipinski definition) is 6. The summed E-state index contributed by atoms with van der Waals surface area (Å²) in [6.07, 6.45) is 0.596. The zero-order valence-electron chi connectivity index (χ0n) is 15.9. The van der Waals surface area contributed by atoms with Gasteiger partial charge in [0.2, 0.25) is 15.9 Å². The van der Waals surface area contributed by atoms with Crippen molar-refractivity contribution in [3.63, 3.8) is 0 Å². The molecule has 158 valence electrons. The van der Waals surface area contributed by atoms with Crippen molar-refractivity contribution in [1.82, 2.24) is 9.46 Å². The zero-order valence-corrected chi connectivity index (χ0v) is 16.7. The second-order valence-electron chi connectivity index (χ2n) is 6.70. The van der Waals surface area contributed by atoms with Crippen molar-refractivity contribution in [3.05, 3.63) is 35.7 Å². The standard InChI is InChI=1S/C18H21F2N3O5S/c1-11-16(12(2)28-22-11)29(25,26)23-9-7-13(8-10-23)17(24)21-14-5-3-4-6-15(14)27-18(19)20/h3-6,13,18H,7-10H2,1-2H3,(H,21,24). The van der Waals surface area contributed by atoms with Crippen LogP contribution in [0.3, 0.4) is 0 Å². The number of alkyl halides is 2. The summed E-state index contributed by atoms with van der Waals surface area (Å²) in [5.74, 6) is -0.734. The molecule has 0 bridgehead atoms. The van der Waals surface area contributed by atoms with E-state index in [0.717, 1.165) is 0 Å². The van der Waals surface area contributed by atoms with E-state index in [1.807, 2.05) is 0 Å². The van der Waals surface area contributed by atoms with E-state index in [9.17, 15) is 22.0 Å². The summed E-state index contributed by atoms with van der Waals surface area (Å²) in [6, 6.07) is 5.91. The van der Waals surface area contributed by atoms with Gasteiger partial charge in [0.25, 0.3) is 0 Å². The molecule has 1 amide bonds. The topological polar surface area (TPSA) is 102 Å². The molecule has 0 atom stereocenters. The average molecular weight is 429 g/mol. The van der Waals surface area contributed by atoms with Crippen LogP contribution in [-0.4, -0.2) is 43.5 Å².